The van der Waals surface area contributed by atoms with E-state index in [9.17, 15) is 5.11 Å². The molecule has 1 aromatic heterocycles. The van der Waals surface area contributed by atoms with Crippen molar-refractivity contribution < 1.29 is 5.11 Å². The van der Waals surface area contributed by atoms with Gasteiger partial charge in [-0.3, -0.25) is 0 Å². The molecule has 0 aliphatic carbocycles. The third kappa shape index (κ3) is 4.24. The van der Waals surface area contributed by atoms with Gasteiger partial charge in [0, 0.05) is 30.5 Å². The van der Waals surface area contributed by atoms with Crippen LogP contribution in [0.15, 0.2) is 43.2 Å². The number of hydrogen-bond donors (Lipinski definition) is 2. The van der Waals surface area contributed by atoms with E-state index in [1.807, 2.05) is 24.5 Å². The van der Waals surface area contributed by atoms with Crippen molar-refractivity contribution in [1.29, 1.82) is 0 Å². The van der Waals surface area contributed by atoms with Gasteiger partial charge in [-0.25, -0.2) is 4.68 Å². The second kappa shape index (κ2) is 6.91. The summed E-state index contributed by atoms with van der Waals surface area (Å²) in [6, 6.07) is 7.83. The maximum Gasteiger partial charge on any atom is 0.115 e. The van der Waals surface area contributed by atoms with Crippen molar-refractivity contribution in [3.05, 3.63) is 54.4 Å². The van der Waals surface area contributed by atoms with E-state index in [2.05, 4.69) is 23.9 Å². The Morgan fingerprint density at radius 1 is 1.35 bits per heavy atom. The van der Waals surface area contributed by atoms with E-state index in [0.29, 0.717) is 11.8 Å². The second-order valence-electron chi connectivity index (χ2n) is 5.00. The van der Waals surface area contributed by atoms with E-state index >= 15 is 0 Å². The molecule has 0 saturated carbocycles. The van der Waals surface area contributed by atoms with Crippen LogP contribution in [0.5, 0.6) is 5.75 Å². The molecule has 2 aromatic rings. The Bertz CT molecular complexity index is 545. The van der Waals surface area contributed by atoms with Crippen molar-refractivity contribution >= 4 is 6.20 Å². The molecule has 0 spiro atoms. The van der Waals surface area contributed by atoms with Gasteiger partial charge in [-0.15, -0.1) is 0 Å². The lowest BCUT2D eigenvalue weighted by molar-refractivity contribution is 0.474. The van der Waals surface area contributed by atoms with E-state index in [-0.39, 0.29) is 0 Å². The summed E-state index contributed by atoms with van der Waals surface area (Å²) in [5.74, 6) is 0.319. The first kappa shape index (κ1) is 14.3. The number of phenolic OH excluding ortho intramolecular Hbond substituents is 1. The van der Waals surface area contributed by atoms with Gasteiger partial charge in [-0.1, -0.05) is 18.7 Å². The Morgan fingerprint density at radius 3 is 2.75 bits per heavy atom. The van der Waals surface area contributed by atoms with Gasteiger partial charge in [-0.05, 0) is 37.5 Å². The Kier molecular flexibility index (Phi) is 4.96. The number of benzene rings is 1. The predicted octanol–water partition coefficient (Wildman–Crippen LogP) is 2.80. The highest BCUT2D eigenvalue weighted by atomic mass is 16.3. The Hall–Kier alpha value is -2.07. The zero-order valence-electron chi connectivity index (χ0n) is 11.8. The third-order valence-electron chi connectivity index (χ3n) is 3.30. The summed E-state index contributed by atoms with van der Waals surface area (Å²) in [6.07, 6.45) is 7.55. The topological polar surface area (TPSA) is 50.1 Å². The van der Waals surface area contributed by atoms with Crippen LogP contribution in [0.1, 0.15) is 24.5 Å². The van der Waals surface area contributed by atoms with Crippen molar-refractivity contribution in [3.63, 3.8) is 0 Å². The van der Waals surface area contributed by atoms with Crippen molar-refractivity contribution in [2.45, 2.75) is 32.4 Å². The van der Waals surface area contributed by atoms with Gasteiger partial charge in [0.15, 0.2) is 0 Å². The van der Waals surface area contributed by atoms with Gasteiger partial charge < -0.3 is 10.4 Å². The van der Waals surface area contributed by atoms with Crippen LogP contribution in [0.3, 0.4) is 0 Å². The van der Waals surface area contributed by atoms with Gasteiger partial charge >= 0.3 is 0 Å². The minimum atomic E-state index is 0.319. The van der Waals surface area contributed by atoms with Gasteiger partial charge in [0.05, 0.1) is 6.20 Å². The monoisotopic (exact) mass is 271 g/mol. The maximum absolute atomic E-state index is 9.24. The Balaban J connectivity index is 1.73. The molecule has 20 heavy (non-hydrogen) atoms. The smallest absolute Gasteiger partial charge is 0.115 e. The van der Waals surface area contributed by atoms with Gasteiger partial charge in [0.1, 0.15) is 5.75 Å². The molecular weight excluding hydrogens is 250 g/mol. The lowest BCUT2D eigenvalue weighted by Crippen LogP contribution is -2.25. The molecule has 0 amide bonds. The first-order valence-corrected chi connectivity index (χ1v) is 6.84. The summed E-state index contributed by atoms with van der Waals surface area (Å²) in [5, 5.41) is 16.9. The van der Waals surface area contributed by atoms with E-state index in [0.717, 1.165) is 24.9 Å². The number of aryl methyl sites for hydroxylation is 1. The van der Waals surface area contributed by atoms with Gasteiger partial charge in [0.25, 0.3) is 0 Å². The lowest BCUT2D eigenvalue weighted by atomic mass is 10.1. The molecule has 1 atom stereocenters. The molecule has 0 aliphatic rings. The normalized spacial score (nSPS) is 12.2. The second-order valence-corrected chi connectivity index (χ2v) is 5.00. The molecule has 0 saturated heterocycles. The average molecular weight is 271 g/mol. The first-order valence-electron chi connectivity index (χ1n) is 6.84. The van der Waals surface area contributed by atoms with Crippen LogP contribution in [0.25, 0.3) is 6.20 Å². The van der Waals surface area contributed by atoms with Crippen LogP contribution in [-0.2, 0) is 13.0 Å². The predicted molar refractivity (Wildman–Crippen MR) is 81.3 cm³/mol. The molecule has 0 bridgehead atoms. The molecule has 0 aliphatic heterocycles. The molecule has 1 aromatic carbocycles. The fourth-order valence-corrected chi connectivity index (χ4v) is 2.01. The standard InChI is InChI=1S/C16H21N3O/c1-3-19-12-15(11-18-19)10-17-13(2)4-5-14-6-8-16(20)9-7-14/h3,6-9,11-13,17,20H,1,4-5,10H2,2H3. The van der Waals surface area contributed by atoms with E-state index in [4.69, 9.17) is 0 Å². The highest BCUT2D eigenvalue weighted by molar-refractivity contribution is 5.26. The average Bonchev–Trinajstić information content (AvgIpc) is 2.92. The van der Waals surface area contributed by atoms with E-state index < -0.39 is 0 Å². The largest absolute Gasteiger partial charge is 0.508 e. The summed E-state index contributed by atoms with van der Waals surface area (Å²) in [5.41, 5.74) is 2.40. The summed E-state index contributed by atoms with van der Waals surface area (Å²) >= 11 is 0. The quantitative estimate of drug-likeness (QED) is 0.814. The van der Waals surface area contributed by atoms with Crippen LogP contribution in [0.2, 0.25) is 0 Å². The molecule has 4 nitrogen and oxygen atoms in total. The molecule has 0 fully saturated rings. The molecule has 1 unspecified atom stereocenters. The SMILES string of the molecule is C=Cn1cc(CNC(C)CCc2ccc(O)cc2)cn1. The van der Waals surface area contributed by atoms with Crippen molar-refractivity contribution in [3.8, 4) is 5.75 Å². The van der Waals surface area contributed by atoms with Crippen molar-refractivity contribution in [1.82, 2.24) is 15.1 Å². The first-order chi connectivity index (χ1) is 9.67. The van der Waals surface area contributed by atoms with Crippen LogP contribution < -0.4 is 5.32 Å². The molecule has 2 N–H and O–H groups in total. The zero-order valence-corrected chi connectivity index (χ0v) is 11.8. The Labute approximate surface area is 119 Å². The van der Waals surface area contributed by atoms with Crippen LogP contribution >= 0.6 is 0 Å². The fourth-order valence-electron chi connectivity index (χ4n) is 2.01. The minimum absolute atomic E-state index is 0.319. The van der Waals surface area contributed by atoms with E-state index in [1.54, 1.807) is 23.0 Å². The summed E-state index contributed by atoms with van der Waals surface area (Å²) in [6.45, 7) is 6.66. The summed E-state index contributed by atoms with van der Waals surface area (Å²) in [7, 11) is 0. The van der Waals surface area contributed by atoms with Crippen molar-refractivity contribution in [2.24, 2.45) is 0 Å². The maximum atomic E-state index is 9.24. The molecule has 1 heterocycles. The van der Waals surface area contributed by atoms with E-state index in [1.165, 1.54) is 5.56 Å². The summed E-state index contributed by atoms with van der Waals surface area (Å²) < 4.78 is 1.71. The number of aromatic hydroxyl groups is 1. The van der Waals surface area contributed by atoms with Crippen molar-refractivity contribution in [2.75, 3.05) is 0 Å². The van der Waals surface area contributed by atoms with Gasteiger partial charge in [0.2, 0.25) is 0 Å². The highest BCUT2D eigenvalue weighted by Gasteiger charge is 2.04. The molecular formula is C16H21N3O. The van der Waals surface area contributed by atoms with Crippen LogP contribution in [-0.4, -0.2) is 20.9 Å². The number of rotatable bonds is 7. The van der Waals surface area contributed by atoms with Crippen LogP contribution in [0.4, 0.5) is 0 Å². The van der Waals surface area contributed by atoms with Gasteiger partial charge in [-0.2, -0.15) is 5.10 Å². The number of nitrogens with zero attached hydrogens (tertiary/aromatic N) is 2. The molecule has 4 heteroatoms. The number of hydrogen-bond acceptors (Lipinski definition) is 3. The minimum Gasteiger partial charge on any atom is -0.508 e. The fraction of sp³-hybridized carbons (Fsp3) is 0.312. The Morgan fingerprint density at radius 2 is 2.10 bits per heavy atom. The molecule has 2 rings (SSSR count). The molecule has 106 valence electrons. The third-order valence-corrected chi connectivity index (χ3v) is 3.30. The zero-order chi connectivity index (χ0) is 14.4. The number of aromatic nitrogens is 2. The lowest BCUT2D eigenvalue weighted by Gasteiger charge is -2.13. The molecule has 0 radical (unpaired) electrons. The number of phenols is 1. The summed E-state index contributed by atoms with van der Waals surface area (Å²) in [4.78, 5) is 0. The number of nitrogens with one attached hydrogen (secondary N) is 1. The highest BCUT2D eigenvalue weighted by Crippen LogP contribution is 2.12. The van der Waals surface area contributed by atoms with Crippen LogP contribution in [0, 0.1) is 0 Å².